The molecule has 0 radical (unpaired) electrons. The molecule has 1 atom stereocenters. The molecule has 1 aliphatic rings. The molecule has 0 aromatic heterocycles. The fourth-order valence-corrected chi connectivity index (χ4v) is 4.09. The number of hydrogen-bond acceptors (Lipinski definition) is 4. The molecule has 3 aromatic carbocycles. The molecule has 0 saturated carbocycles. The first-order valence-corrected chi connectivity index (χ1v) is 11.5. The van der Waals surface area contributed by atoms with Crippen LogP contribution in [0.4, 0.5) is 5.69 Å². The maximum atomic E-state index is 12.7. The Balaban J connectivity index is 1.46. The van der Waals surface area contributed by atoms with Gasteiger partial charge in [-0.2, -0.15) is 0 Å². The van der Waals surface area contributed by atoms with E-state index >= 15 is 0 Å². The SMILES string of the molecule is Cc1ccc(CC2(C(=O)O)C=CC(c3ccc(OC(=O)c4ccccc4N=C(N)N)cc3)=CC2)cc1. The topological polar surface area (TPSA) is 128 Å². The summed E-state index contributed by atoms with van der Waals surface area (Å²) in [7, 11) is 0. The normalized spacial score (nSPS) is 16.6. The van der Waals surface area contributed by atoms with E-state index in [1.165, 1.54) is 0 Å². The van der Waals surface area contributed by atoms with E-state index in [-0.39, 0.29) is 11.5 Å². The Bertz CT molecular complexity index is 1370. The van der Waals surface area contributed by atoms with E-state index in [2.05, 4.69) is 4.99 Å². The van der Waals surface area contributed by atoms with Crippen molar-refractivity contribution in [2.45, 2.75) is 19.8 Å². The molecule has 0 heterocycles. The van der Waals surface area contributed by atoms with Gasteiger partial charge in [-0.15, -0.1) is 0 Å². The number of ether oxygens (including phenoxy) is 1. The minimum absolute atomic E-state index is 0.154. The Morgan fingerprint density at radius 2 is 1.69 bits per heavy atom. The van der Waals surface area contributed by atoms with Crippen LogP contribution in [0.15, 0.2) is 96.0 Å². The molecule has 0 saturated heterocycles. The average Bonchev–Trinajstić information content (AvgIpc) is 2.86. The molecule has 0 amide bonds. The zero-order valence-corrected chi connectivity index (χ0v) is 19.8. The van der Waals surface area contributed by atoms with Gasteiger partial charge in [-0.05, 0) is 60.7 Å². The lowest BCUT2D eigenvalue weighted by molar-refractivity contribution is -0.145. The van der Waals surface area contributed by atoms with Gasteiger partial charge >= 0.3 is 11.9 Å². The van der Waals surface area contributed by atoms with Gasteiger partial charge in [0.15, 0.2) is 5.96 Å². The van der Waals surface area contributed by atoms with Gasteiger partial charge in [0, 0.05) is 0 Å². The van der Waals surface area contributed by atoms with Gasteiger partial charge in [-0.3, -0.25) is 4.79 Å². The quantitative estimate of drug-likeness (QED) is 0.193. The molecular weight excluding hydrogens is 454 g/mol. The highest BCUT2D eigenvalue weighted by molar-refractivity contribution is 5.97. The van der Waals surface area contributed by atoms with Crippen molar-refractivity contribution in [3.63, 3.8) is 0 Å². The summed E-state index contributed by atoms with van der Waals surface area (Å²) in [5, 5.41) is 9.99. The summed E-state index contributed by atoms with van der Waals surface area (Å²) in [5.41, 5.74) is 14.4. The monoisotopic (exact) mass is 481 g/mol. The predicted molar refractivity (Wildman–Crippen MR) is 140 cm³/mol. The highest BCUT2D eigenvalue weighted by Crippen LogP contribution is 2.37. The second-order valence-corrected chi connectivity index (χ2v) is 8.79. The number of aliphatic imine (C=N–C) groups is 1. The van der Waals surface area contributed by atoms with Crippen molar-refractivity contribution in [2.75, 3.05) is 0 Å². The Kier molecular flexibility index (Phi) is 7.01. The largest absolute Gasteiger partial charge is 0.481 e. The number of nitrogens with two attached hydrogens (primary N) is 2. The number of hydrogen-bond donors (Lipinski definition) is 3. The van der Waals surface area contributed by atoms with Crippen LogP contribution in [0.25, 0.3) is 5.57 Å². The van der Waals surface area contributed by atoms with E-state index in [4.69, 9.17) is 16.2 Å². The maximum Gasteiger partial charge on any atom is 0.345 e. The molecule has 0 fully saturated rings. The summed E-state index contributed by atoms with van der Waals surface area (Å²) in [5.74, 6) is -1.22. The van der Waals surface area contributed by atoms with Crippen molar-refractivity contribution in [1.82, 2.24) is 0 Å². The molecule has 36 heavy (non-hydrogen) atoms. The van der Waals surface area contributed by atoms with Gasteiger partial charge < -0.3 is 21.3 Å². The highest BCUT2D eigenvalue weighted by atomic mass is 16.5. The summed E-state index contributed by atoms with van der Waals surface area (Å²) >= 11 is 0. The fraction of sp³-hybridized carbons (Fsp3) is 0.138. The number of carbonyl (C=O) groups is 2. The second kappa shape index (κ2) is 10.3. The van der Waals surface area contributed by atoms with Gasteiger partial charge in [-0.1, -0.05) is 72.3 Å². The molecule has 0 bridgehead atoms. The lowest BCUT2D eigenvalue weighted by Crippen LogP contribution is -2.32. The summed E-state index contributed by atoms with van der Waals surface area (Å²) in [6.07, 6.45) is 6.35. The number of para-hydroxylation sites is 1. The first-order chi connectivity index (χ1) is 17.3. The first kappa shape index (κ1) is 24.5. The minimum Gasteiger partial charge on any atom is -0.481 e. The van der Waals surface area contributed by atoms with Crippen molar-refractivity contribution in [2.24, 2.45) is 21.9 Å². The first-order valence-electron chi connectivity index (χ1n) is 11.5. The number of nitrogens with zero attached hydrogens (tertiary/aromatic N) is 1. The number of aryl methyl sites for hydroxylation is 1. The third-order valence-electron chi connectivity index (χ3n) is 6.11. The molecule has 4 rings (SSSR count). The van der Waals surface area contributed by atoms with E-state index < -0.39 is 17.4 Å². The Hall–Kier alpha value is -4.65. The van der Waals surface area contributed by atoms with E-state index in [0.717, 1.165) is 22.3 Å². The summed E-state index contributed by atoms with van der Waals surface area (Å²) in [6.45, 7) is 2.00. The third kappa shape index (κ3) is 5.52. The van der Waals surface area contributed by atoms with E-state index in [0.29, 0.717) is 24.3 Å². The van der Waals surface area contributed by atoms with Crippen LogP contribution >= 0.6 is 0 Å². The standard InChI is InChI=1S/C29H27N3O4/c1-19-6-8-20(9-7-19)18-29(27(34)35)16-14-22(15-17-29)21-10-12-23(13-11-21)36-26(33)24-4-2-3-5-25(24)32-28(30)31/h2-16H,17-18H2,1H3,(H,34,35)(H4,30,31,32). The van der Waals surface area contributed by atoms with Crippen LogP contribution < -0.4 is 16.2 Å². The lowest BCUT2D eigenvalue weighted by atomic mass is 9.74. The van der Waals surface area contributed by atoms with Crippen molar-refractivity contribution < 1.29 is 19.4 Å². The third-order valence-corrected chi connectivity index (χ3v) is 6.11. The smallest absolute Gasteiger partial charge is 0.345 e. The Morgan fingerprint density at radius 1 is 1.00 bits per heavy atom. The molecule has 1 unspecified atom stereocenters. The van der Waals surface area contributed by atoms with Crippen LogP contribution in [0.1, 0.15) is 33.5 Å². The van der Waals surface area contributed by atoms with E-state index in [1.54, 1.807) is 42.5 Å². The van der Waals surface area contributed by atoms with Gasteiger partial charge in [0.1, 0.15) is 5.75 Å². The highest BCUT2D eigenvalue weighted by Gasteiger charge is 2.36. The maximum absolute atomic E-state index is 12.7. The summed E-state index contributed by atoms with van der Waals surface area (Å²) in [4.78, 5) is 28.8. The summed E-state index contributed by atoms with van der Waals surface area (Å²) in [6, 6.07) is 21.6. The molecule has 0 spiro atoms. The van der Waals surface area contributed by atoms with Crippen molar-refractivity contribution in [1.29, 1.82) is 0 Å². The van der Waals surface area contributed by atoms with Gasteiger partial charge in [0.05, 0.1) is 16.7 Å². The average molecular weight is 482 g/mol. The zero-order chi connectivity index (χ0) is 25.7. The van der Waals surface area contributed by atoms with Crippen LogP contribution in [0.2, 0.25) is 0 Å². The van der Waals surface area contributed by atoms with Crippen LogP contribution in [-0.2, 0) is 11.2 Å². The molecule has 1 aliphatic carbocycles. The minimum atomic E-state index is -0.989. The van der Waals surface area contributed by atoms with Crippen molar-refractivity contribution >= 4 is 29.2 Å². The summed E-state index contributed by atoms with van der Waals surface area (Å²) < 4.78 is 5.50. The number of rotatable bonds is 7. The van der Waals surface area contributed by atoms with Gasteiger partial charge in [0.25, 0.3) is 0 Å². The molecule has 7 heteroatoms. The van der Waals surface area contributed by atoms with Gasteiger partial charge in [-0.25, -0.2) is 9.79 Å². The Morgan fingerprint density at radius 3 is 2.31 bits per heavy atom. The van der Waals surface area contributed by atoms with Crippen molar-refractivity contribution in [3.8, 4) is 5.75 Å². The predicted octanol–water partition coefficient (Wildman–Crippen LogP) is 4.78. The number of esters is 1. The molecule has 182 valence electrons. The molecule has 7 nitrogen and oxygen atoms in total. The lowest BCUT2D eigenvalue weighted by Gasteiger charge is -2.28. The van der Waals surface area contributed by atoms with E-state index in [1.807, 2.05) is 55.5 Å². The number of benzene rings is 3. The molecule has 5 N–H and O–H groups in total. The molecule has 0 aliphatic heterocycles. The Labute approximate surface area is 209 Å². The van der Waals surface area contributed by atoms with E-state index in [9.17, 15) is 14.7 Å². The number of allylic oxidation sites excluding steroid dienone is 3. The fourth-order valence-electron chi connectivity index (χ4n) is 4.09. The molecular formula is C29H27N3O4. The number of carboxylic acids is 1. The van der Waals surface area contributed by atoms with Crippen LogP contribution in [-0.4, -0.2) is 23.0 Å². The number of aliphatic carboxylic acids is 1. The zero-order valence-electron chi connectivity index (χ0n) is 19.8. The van der Waals surface area contributed by atoms with Crippen LogP contribution in [0.3, 0.4) is 0 Å². The number of guanidine groups is 1. The second-order valence-electron chi connectivity index (χ2n) is 8.79. The van der Waals surface area contributed by atoms with Gasteiger partial charge in [0.2, 0.25) is 0 Å². The molecule has 3 aromatic rings. The van der Waals surface area contributed by atoms with Crippen LogP contribution in [0.5, 0.6) is 5.75 Å². The van der Waals surface area contributed by atoms with Crippen molar-refractivity contribution in [3.05, 3.63) is 113 Å². The van der Waals surface area contributed by atoms with Crippen LogP contribution in [0, 0.1) is 12.3 Å². The number of carboxylic acid groups (broad SMARTS) is 1. The number of carbonyl (C=O) groups excluding carboxylic acids is 1.